The summed E-state index contributed by atoms with van der Waals surface area (Å²) in [7, 11) is 0. The third kappa shape index (κ3) is 2.01. The number of benzene rings is 1. The largest absolute Gasteiger partial charge is 0.384 e. The van der Waals surface area contributed by atoms with Gasteiger partial charge in [-0.25, -0.2) is 9.37 Å². The molecule has 4 aromatic rings. The summed E-state index contributed by atoms with van der Waals surface area (Å²) < 4.78 is 16.1. The number of halogens is 1. The highest BCUT2D eigenvalue weighted by molar-refractivity contribution is 6.11. The summed E-state index contributed by atoms with van der Waals surface area (Å²) in [5, 5.41) is 7.96. The zero-order chi connectivity index (χ0) is 18.7. The summed E-state index contributed by atoms with van der Waals surface area (Å²) in [5.41, 5.74) is 15.6. The van der Waals surface area contributed by atoms with Gasteiger partial charge < -0.3 is 11.5 Å². The summed E-state index contributed by atoms with van der Waals surface area (Å²) in [5.74, 6) is -0.947. The van der Waals surface area contributed by atoms with Gasteiger partial charge in [0.25, 0.3) is 5.91 Å². The van der Waals surface area contributed by atoms with Crippen LogP contribution in [0, 0.1) is 26.6 Å². The maximum Gasteiger partial charge on any atom is 0.253 e. The highest BCUT2D eigenvalue weighted by Crippen LogP contribution is 2.36. The Bertz CT molecular complexity index is 1220. The number of amides is 1. The van der Waals surface area contributed by atoms with Crippen LogP contribution in [-0.4, -0.2) is 25.7 Å². The van der Waals surface area contributed by atoms with E-state index in [-0.39, 0.29) is 11.4 Å². The van der Waals surface area contributed by atoms with Crippen LogP contribution in [0.5, 0.6) is 0 Å². The molecule has 0 aliphatic rings. The number of nitrogens with two attached hydrogens (primary N) is 2. The van der Waals surface area contributed by atoms with Crippen molar-refractivity contribution in [2.24, 2.45) is 5.73 Å². The van der Waals surface area contributed by atoms with Gasteiger partial charge in [-0.1, -0.05) is 0 Å². The summed E-state index contributed by atoms with van der Waals surface area (Å²) in [6, 6.07) is 3.20. The first-order valence-electron chi connectivity index (χ1n) is 8.01. The molecular formula is C18H17FN6O. The number of hydrogen-bond acceptors (Lipinski definition) is 4. The molecule has 8 heteroatoms. The Labute approximate surface area is 147 Å². The van der Waals surface area contributed by atoms with Crippen molar-refractivity contribution >= 4 is 33.7 Å². The van der Waals surface area contributed by atoms with Crippen molar-refractivity contribution in [2.75, 3.05) is 5.73 Å². The van der Waals surface area contributed by atoms with Crippen LogP contribution in [0.25, 0.3) is 27.6 Å². The lowest BCUT2D eigenvalue weighted by Crippen LogP contribution is -2.14. The Balaban J connectivity index is 2.26. The van der Waals surface area contributed by atoms with Crippen molar-refractivity contribution in [3.05, 3.63) is 46.5 Å². The first kappa shape index (κ1) is 16.1. The van der Waals surface area contributed by atoms with Crippen LogP contribution in [0.1, 0.15) is 27.2 Å². The Morgan fingerprint density at radius 1 is 1.23 bits per heavy atom. The molecule has 0 unspecified atom stereocenters. The quantitative estimate of drug-likeness (QED) is 0.514. The molecule has 0 aliphatic carbocycles. The van der Waals surface area contributed by atoms with E-state index in [1.807, 2.05) is 19.9 Å². The van der Waals surface area contributed by atoms with E-state index >= 15 is 0 Å². The smallest absolute Gasteiger partial charge is 0.253 e. The van der Waals surface area contributed by atoms with Crippen molar-refractivity contribution in [3.8, 4) is 5.69 Å². The van der Waals surface area contributed by atoms with Crippen molar-refractivity contribution < 1.29 is 9.18 Å². The topological polar surface area (TPSA) is 116 Å². The van der Waals surface area contributed by atoms with Crippen molar-refractivity contribution in [3.63, 3.8) is 0 Å². The molecule has 5 N–H and O–H groups in total. The number of rotatable bonds is 2. The predicted octanol–water partition coefficient (Wildman–Crippen LogP) is 2.65. The minimum absolute atomic E-state index is 0.126. The zero-order valence-corrected chi connectivity index (χ0v) is 14.5. The lowest BCUT2D eigenvalue weighted by molar-refractivity contribution is 0.100. The van der Waals surface area contributed by atoms with Gasteiger partial charge in [0.15, 0.2) is 0 Å². The number of primary amides is 1. The number of hydrogen-bond donors (Lipinski definition) is 3. The van der Waals surface area contributed by atoms with Gasteiger partial charge >= 0.3 is 0 Å². The fourth-order valence-corrected chi connectivity index (χ4v) is 3.33. The van der Waals surface area contributed by atoms with Crippen LogP contribution >= 0.6 is 0 Å². The Hall–Kier alpha value is -3.42. The molecule has 26 heavy (non-hydrogen) atoms. The molecule has 0 aliphatic heterocycles. The number of aryl methyl sites for hydroxylation is 2. The van der Waals surface area contributed by atoms with Gasteiger partial charge in [0, 0.05) is 22.0 Å². The van der Waals surface area contributed by atoms with E-state index in [0.29, 0.717) is 33.2 Å². The summed E-state index contributed by atoms with van der Waals surface area (Å²) in [6.07, 6.45) is 1.59. The average Bonchev–Trinajstić information content (AvgIpc) is 3.12. The van der Waals surface area contributed by atoms with Crippen LogP contribution in [0.4, 0.5) is 10.2 Å². The van der Waals surface area contributed by atoms with Gasteiger partial charge in [0.05, 0.1) is 23.0 Å². The van der Waals surface area contributed by atoms with Gasteiger partial charge in [0.2, 0.25) is 0 Å². The molecule has 0 saturated heterocycles. The molecule has 3 aromatic heterocycles. The summed E-state index contributed by atoms with van der Waals surface area (Å²) in [6.45, 7) is 5.40. The number of nitrogens with zero attached hydrogens (tertiary/aromatic N) is 3. The molecule has 0 bridgehead atoms. The minimum Gasteiger partial charge on any atom is -0.384 e. The van der Waals surface area contributed by atoms with E-state index in [9.17, 15) is 9.18 Å². The standard InChI is InChI=1S/C18H17FN6O/c1-7-4-10-14(17(21)26)16(20)25(18(10)23-9(7)3)15-8(2)12(19)5-13-11(15)6-22-24-13/h4-6H,20H2,1-3H3,(H2,21,26)(H,22,24). The lowest BCUT2D eigenvalue weighted by Gasteiger charge is -2.13. The molecule has 0 radical (unpaired) electrons. The Morgan fingerprint density at radius 3 is 2.65 bits per heavy atom. The van der Waals surface area contributed by atoms with Crippen LogP contribution in [0.3, 0.4) is 0 Å². The Kier molecular flexibility index (Phi) is 3.27. The number of nitrogen functional groups attached to an aromatic ring is 1. The first-order chi connectivity index (χ1) is 12.3. The fourth-order valence-electron chi connectivity index (χ4n) is 3.33. The third-order valence-corrected chi connectivity index (χ3v) is 4.80. The molecule has 132 valence electrons. The summed E-state index contributed by atoms with van der Waals surface area (Å²) in [4.78, 5) is 16.7. The highest BCUT2D eigenvalue weighted by Gasteiger charge is 2.25. The number of aromatic amines is 1. The van der Waals surface area contributed by atoms with Gasteiger partial charge in [-0.15, -0.1) is 0 Å². The predicted molar refractivity (Wildman–Crippen MR) is 97.8 cm³/mol. The maximum atomic E-state index is 14.5. The van der Waals surface area contributed by atoms with Gasteiger partial charge in [-0.05, 0) is 38.5 Å². The second-order valence-electron chi connectivity index (χ2n) is 6.38. The van der Waals surface area contributed by atoms with Gasteiger partial charge in [-0.3, -0.25) is 14.5 Å². The fraction of sp³-hybridized carbons (Fsp3) is 0.167. The van der Waals surface area contributed by atoms with E-state index in [0.717, 1.165) is 11.3 Å². The van der Waals surface area contributed by atoms with E-state index in [1.165, 1.54) is 6.07 Å². The number of carbonyl (C=O) groups excluding carboxylic acids is 1. The number of aromatic nitrogens is 4. The van der Waals surface area contributed by atoms with Gasteiger partial charge in [-0.2, -0.15) is 5.10 Å². The Morgan fingerprint density at radius 2 is 1.96 bits per heavy atom. The number of fused-ring (bicyclic) bond motifs is 2. The molecule has 4 rings (SSSR count). The molecule has 0 saturated carbocycles. The molecule has 1 aromatic carbocycles. The zero-order valence-electron chi connectivity index (χ0n) is 14.5. The first-order valence-corrected chi connectivity index (χ1v) is 8.01. The minimum atomic E-state index is -0.659. The second kappa shape index (κ2) is 5.29. The molecule has 1 amide bonds. The van der Waals surface area contributed by atoms with Crippen LogP contribution in [0.15, 0.2) is 18.3 Å². The SMILES string of the molecule is Cc1cc2c(C(N)=O)c(N)n(-c3c(C)c(F)cc4[nH]ncc34)c2nc1C. The van der Waals surface area contributed by atoms with Crippen LogP contribution < -0.4 is 11.5 Å². The lowest BCUT2D eigenvalue weighted by atomic mass is 10.1. The normalized spacial score (nSPS) is 11.5. The number of anilines is 1. The van der Waals surface area contributed by atoms with E-state index < -0.39 is 11.7 Å². The highest BCUT2D eigenvalue weighted by atomic mass is 19.1. The van der Waals surface area contributed by atoms with Crippen LogP contribution in [0.2, 0.25) is 0 Å². The molecule has 7 nitrogen and oxygen atoms in total. The van der Waals surface area contributed by atoms with E-state index in [2.05, 4.69) is 15.2 Å². The number of nitrogens with one attached hydrogen (secondary N) is 1. The number of H-pyrrole nitrogens is 1. The monoisotopic (exact) mass is 352 g/mol. The number of pyridine rings is 1. The molecule has 0 atom stereocenters. The molecular weight excluding hydrogens is 335 g/mol. The molecule has 3 heterocycles. The average molecular weight is 352 g/mol. The van der Waals surface area contributed by atoms with Crippen molar-refractivity contribution in [2.45, 2.75) is 20.8 Å². The third-order valence-electron chi connectivity index (χ3n) is 4.80. The maximum absolute atomic E-state index is 14.5. The number of carbonyl (C=O) groups is 1. The molecule has 0 fully saturated rings. The van der Waals surface area contributed by atoms with E-state index in [4.69, 9.17) is 11.5 Å². The molecule has 0 spiro atoms. The van der Waals surface area contributed by atoms with Crippen LogP contribution in [-0.2, 0) is 0 Å². The van der Waals surface area contributed by atoms with E-state index in [1.54, 1.807) is 17.7 Å². The van der Waals surface area contributed by atoms with Crippen molar-refractivity contribution in [1.82, 2.24) is 19.7 Å². The summed E-state index contributed by atoms with van der Waals surface area (Å²) >= 11 is 0. The van der Waals surface area contributed by atoms with Gasteiger partial charge in [0.1, 0.15) is 17.3 Å². The second-order valence-corrected chi connectivity index (χ2v) is 6.38. The van der Waals surface area contributed by atoms with Crippen molar-refractivity contribution in [1.29, 1.82) is 0 Å².